The second-order valence-electron chi connectivity index (χ2n) is 8.90. The molecule has 8 heteroatoms. The van der Waals surface area contributed by atoms with Gasteiger partial charge in [0.05, 0.1) is 13.2 Å². The maximum atomic E-state index is 14.3. The summed E-state index contributed by atoms with van der Waals surface area (Å²) in [6, 6.07) is 10.4. The zero-order valence-corrected chi connectivity index (χ0v) is 18.7. The molecule has 3 heterocycles. The first-order valence-electron chi connectivity index (χ1n) is 11.1. The number of hydrogen-bond donors (Lipinski definition) is 0. The number of hydrogen-bond acceptors (Lipinski definition) is 5. The molecule has 168 valence electrons. The summed E-state index contributed by atoms with van der Waals surface area (Å²) in [7, 11) is 0. The minimum atomic E-state index is -0.370. The highest BCUT2D eigenvalue weighted by Gasteiger charge is 2.52. The predicted octanol–water partition coefficient (Wildman–Crippen LogP) is 4.59. The van der Waals surface area contributed by atoms with Crippen LogP contribution in [-0.4, -0.2) is 53.6 Å². The first-order chi connectivity index (χ1) is 16.0. The Labute approximate surface area is 196 Å². The van der Waals surface area contributed by atoms with E-state index in [4.69, 9.17) is 16.3 Å². The maximum Gasteiger partial charge on any atom is 0.254 e. The molecule has 0 N–H and O–H groups in total. The van der Waals surface area contributed by atoms with Gasteiger partial charge in [0.15, 0.2) is 0 Å². The van der Waals surface area contributed by atoms with Crippen LogP contribution in [0.1, 0.15) is 28.8 Å². The average molecular weight is 465 g/mol. The third-order valence-electron chi connectivity index (χ3n) is 6.84. The van der Waals surface area contributed by atoms with Gasteiger partial charge in [0, 0.05) is 64.8 Å². The van der Waals surface area contributed by atoms with Crippen LogP contribution in [0.15, 0.2) is 48.8 Å². The van der Waals surface area contributed by atoms with Crippen molar-refractivity contribution in [2.24, 2.45) is 0 Å². The molecule has 1 saturated heterocycles. The summed E-state index contributed by atoms with van der Waals surface area (Å²) in [5, 5.41) is 0.456. The zero-order valence-electron chi connectivity index (χ0n) is 17.9. The number of amides is 1. The van der Waals surface area contributed by atoms with Gasteiger partial charge in [-0.15, -0.1) is 0 Å². The second kappa shape index (κ2) is 7.78. The number of carbonyl (C=O) groups excluding carboxylic acids is 1. The van der Waals surface area contributed by atoms with Crippen molar-refractivity contribution in [1.29, 1.82) is 0 Å². The third kappa shape index (κ3) is 3.56. The van der Waals surface area contributed by atoms with E-state index >= 15 is 0 Å². The Balaban J connectivity index is 1.33. The number of aromatic nitrogens is 2. The first kappa shape index (κ1) is 20.6. The quantitative estimate of drug-likeness (QED) is 0.567. The number of carbonyl (C=O) groups is 1. The minimum Gasteiger partial charge on any atom is -0.378 e. The van der Waals surface area contributed by atoms with Crippen LogP contribution in [-0.2, 0) is 10.2 Å². The van der Waals surface area contributed by atoms with Crippen molar-refractivity contribution in [1.82, 2.24) is 14.9 Å². The SMILES string of the molecule is O=C(c1ccc2c(c1)N(c1ncc(-c3cc(Cl)ccc3F)cn1)CC21CC1)N1CCOCC1. The van der Waals surface area contributed by atoms with E-state index in [2.05, 4.69) is 20.9 Å². The van der Waals surface area contributed by atoms with Crippen molar-refractivity contribution in [2.75, 3.05) is 37.7 Å². The van der Waals surface area contributed by atoms with Crippen molar-refractivity contribution in [3.8, 4) is 11.1 Å². The van der Waals surface area contributed by atoms with Crippen LogP contribution in [0, 0.1) is 5.82 Å². The third-order valence-corrected chi connectivity index (χ3v) is 7.07. The largest absolute Gasteiger partial charge is 0.378 e. The van der Waals surface area contributed by atoms with Gasteiger partial charge in [-0.2, -0.15) is 0 Å². The lowest BCUT2D eigenvalue weighted by Gasteiger charge is -2.27. The molecule has 2 fully saturated rings. The fourth-order valence-electron chi connectivity index (χ4n) is 4.83. The maximum absolute atomic E-state index is 14.3. The lowest BCUT2D eigenvalue weighted by Crippen LogP contribution is -2.40. The van der Waals surface area contributed by atoms with Crippen LogP contribution in [0.25, 0.3) is 11.1 Å². The molecule has 2 aromatic carbocycles. The van der Waals surface area contributed by atoms with Gasteiger partial charge in [-0.1, -0.05) is 17.7 Å². The summed E-state index contributed by atoms with van der Waals surface area (Å²) in [6.07, 6.45) is 5.47. The topological polar surface area (TPSA) is 58.6 Å². The number of fused-ring (bicyclic) bond motifs is 2. The van der Waals surface area contributed by atoms with E-state index in [0.29, 0.717) is 54.0 Å². The molecule has 2 aliphatic heterocycles. The van der Waals surface area contributed by atoms with E-state index in [1.54, 1.807) is 18.5 Å². The lowest BCUT2D eigenvalue weighted by molar-refractivity contribution is 0.0303. The molecule has 0 unspecified atom stereocenters. The van der Waals surface area contributed by atoms with Crippen LogP contribution in [0.3, 0.4) is 0 Å². The predicted molar refractivity (Wildman–Crippen MR) is 124 cm³/mol. The summed E-state index contributed by atoms with van der Waals surface area (Å²) >= 11 is 6.04. The molecule has 1 amide bonds. The van der Waals surface area contributed by atoms with Crippen LogP contribution >= 0.6 is 11.6 Å². The lowest BCUT2D eigenvalue weighted by atomic mass is 9.97. The van der Waals surface area contributed by atoms with E-state index in [1.807, 2.05) is 17.0 Å². The summed E-state index contributed by atoms with van der Waals surface area (Å²) < 4.78 is 19.6. The Morgan fingerprint density at radius 2 is 1.82 bits per heavy atom. The molecule has 1 aliphatic carbocycles. The van der Waals surface area contributed by atoms with Crippen molar-refractivity contribution in [3.63, 3.8) is 0 Å². The molecule has 1 aromatic heterocycles. The zero-order chi connectivity index (χ0) is 22.6. The molecule has 6 nitrogen and oxygen atoms in total. The fraction of sp³-hybridized carbons (Fsp3) is 0.320. The van der Waals surface area contributed by atoms with E-state index in [1.165, 1.54) is 17.7 Å². The monoisotopic (exact) mass is 464 g/mol. The molecule has 0 atom stereocenters. The Morgan fingerprint density at radius 3 is 2.55 bits per heavy atom. The molecule has 1 spiro atoms. The highest BCUT2D eigenvalue weighted by molar-refractivity contribution is 6.30. The van der Waals surface area contributed by atoms with Crippen LogP contribution < -0.4 is 4.90 Å². The molecule has 3 aliphatic rings. The number of ether oxygens (including phenoxy) is 1. The molecule has 0 bridgehead atoms. The number of morpholine rings is 1. The number of rotatable bonds is 3. The molecular weight excluding hydrogens is 443 g/mol. The van der Waals surface area contributed by atoms with Crippen molar-refractivity contribution in [3.05, 3.63) is 70.8 Å². The Kier molecular flexibility index (Phi) is 4.85. The average Bonchev–Trinajstić information content (AvgIpc) is 3.57. The van der Waals surface area contributed by atoms with E-state index in [0.717, 1.165) is 25.1 Å². The first-order valence-corrected chi connectivity index (χ1v) is 11.5. The highest BCUT2D eigenvalue weighted by Crippen LogP contribution is 2.57. The summed E-state index contributed by atoms with van der Waals surface area (Å²) in [5.74, 6) is 0.193. The highest BCUT2D eigenvalue weighted by atomic mass is 35.5. The summed E-state index contributed by atoms with van der Waals surface area (Å²) in [6.45, 7) is 3.13. The van der Waals surface area contributed by atoms with Gasteiger partial charge < -0.3 is 14.5 Å². The summed E-state index contributed by atoms with van der Waals surface area (Å²) in [4.78, 5) is 26.1. The van der Waals surface area contributed by atoms with Crippen LogP contribution in [0.2, 0.25) is 5.02 Å². The number of anilines is 2. The molecule has 6 rings (SSSR count). The smallest absolute Gasteiger partial charge is 0.254 e. The molecule has 3 aromatic rings. The van der Waals surface area contributed by atoms with Crippen LogP contribution in [0.5, 0.6) is 0 Å². The van der Waals surface area contributed by atoms with Gasteiger partial charge in [0.1, 0.15) is 5.82 Å². The fourth-order valence-corrected chi connectivity index (χ4v) is 5.01. The molecule has 1 saturated carbocycles. The number of benzene rings is 2. The van der Waals surface area contributed by atoms with E-state index in [9.17, 15) is 9.18 Å². The van der Waals surface area contributed by atoms with Crippen LogP contribution in [0.4, 0.5) is 16.0 Å². The minimum absolute atomic E-state index is 0.0190. The van der Waals surface area contributed by atoms with Crippen molar-refractivity contribution < 1.29 is 13.9 Å². The van der Waals surface area contributed by atoms with Gasteiger partial charge >= 0.3 is 0 Å². The molecular formula is C25H22ClFN4O2. The number of halogens is 2. The van der Waals surface area contributed by atoms with E-state index in [-0.39, 0.29) is 17.1 Å². The van der Waals surface area contributed by atoms with Crippen molar-refractivity contribution >= 4 is 29.1 Å². The van der Waals surface area contributed by atoms with Gasteiger partial charge in [-0.25, -0.2) is 14.4 Å². The Hall–Kier alpha value is -3.03. The second-order valence-corrected chi connectivity index (χ2v) is 9.34. The Bertz CT molecular complexity index is 1240. The number of nitrogens with zero attached hydrogens (tertiary/aromatic N) is 4. The van der Waals surface area contributed by atoms with Gasteiger partial charge in [0.2, 0.25) is 5.95 Å². The Morgan fingerprint density at radius 1 is 1.06 bits per heavy atom. The molecule has 0 radical (unpaired) electrons. The van der Waals surface area contributed by atoms with Gasteiger partial charge in [-0.05, 0) is 48.7 Å². The van der Waals surface area contributed by atoms with Gasteiger partial charge in [-0.3, -0.25) is 4.79 Å². The normalized spacial score (nSPS) is 18.5. The standard InChI is InChI=1S/C25H22ClFN4O2/c26-18-2-4-21(27)19(12-18)17-13-28-24(29-14-17)31-15-25(5-6-25)20-3-1-16(11-22(20)31)23(32)30-7-9-33-10-8-30/h1-4,11-14H,5-10,15H2. The summed E-state index contributed by atoms with van der Waals surface area (Å²) in [5.41, 5.74) is 3.93. The van der Waals surface area contributed by atoms with E-state index < -0.39 is 0 Å². The van der Waals surface area contributed by atoms with Crippen molar-refractivity contribution in [2.45, 2.75) is 18.3 Å². The van der Waals surface area contributed by atoms with Gasteiger partial charge in [0.25, 0.3) is 5.91 Å². The molecule has 33 heavy (non-hydrogen) atoms.